The molecule has 1 aromatic carbocycles. The van der Waals surface area contributed by atoms with Crippen LogP contribution in [0.2, 0.25) is 0 Å². The first kappa shape index (κ1) is 9.17. The summed E-state index contributed by atoms with van der Waals surface area (Å²) in [5.41, 5.74) is 7.99. The highest BCUT2D eigenvalue weighted by Gasteiger charge is 2.29. The fourth-order valence-corrected chi connectivity index (χ4v) is 1.28. The van der Waals surface area contributed by atoms with E-state index in [9.17, 15) is 14.0 Å². The minimum Gasteiger partial charge on any atom is -0.318 e. The van der Waals surface area contributed by atoms with Gasteiger partial charge in [0, 0.05) is 4.91 Å². The van der Waals surface area contributed by atoms with Crippen LogP contribution >= 0.6 is 0 Å². The van der Waals surface area contributed by atoms with E-state index < -0.39 is 17.5 Å². The van der Waals surface area contributed by atoms with Crippen LogP contribution in [-0.2, 0) is 4.79 Å². The average molecular weight is 206 g/mol. The number of ketones is 1. The van der Waals surface area contributed by atoms with E-state index in [4.69, 9.17) is 5.53 Å². The molecule has 0 fully saturated rings. The van der Waals surface area contributed by atoms with Crippen molar-refractivity contribution in [2.75, 3.05) is 5.32 Å². The smallest absolute Gasteiger partial charge is 0.296 e. The van der Waals surface area contributed by atoms with Crippen LogP contribution in [0.1, 0.15) is 10.4 Å². The third-order valence-corrected chi connectivity index (χ3v) is 1.94. The van der Waals surface area contributed by atoms with E-state index in [0.717, 1.165) is 12.1 Å². The molecular formula is C8H3FN4O2. The van der Waals surface area contributed by atoms with Gasteiger partial charge in [-0.15, -0.1) is 0 Å². The number of halogens is 1. The number of carbonyl (C=O) groups is 2. The second-order valence-corrected chi connectivity index (χ2v) is 2.82. The molecule has 1 N–H and O–H groups in total. The molecule has 1 aliphatic heterocycles. The summed E-state index contributed by atoms with van der Waals surface area (Å²) in [5, 5.41) is 5.31. The standard InChI is InChI=1S/C8H3FN4O2/c9-4-1-3-5(2-6(4)12-13-10)11-8(15)7(3)14/h1-2H,(H,11,14,15). The number of hydrogen-bond donors (Lipinski definition) is 1. The first-order chi connectivity index (χ1) is 7.13. The normalized spacial score (nSPS) is 13.1. The third kappa shape index (κ3) is 1.31. The van der Waals surface area contributed by atoms with Crippen LogP contribution in [-0.4, -0.2) is 11.7 Å². The molecule has 74 valence electrons. The summed E-state index contributed by atoms with van der Waals surface area (Å²) in [6, 6.07) is 1.99. The Morgan fingerprint density at radius 2 is 2.13 bits per heavy atom. The molecule has 0 saturated heterocycles. The van der Waals surface area contributed by atoms with Crippen molar-refractivity contribution in [1.82, 2.24) is 0 Å². The molecule has 0 aromatic heterocycles. The quantitative estimate of drug-likeness (QED) is 0.328. The molecule has 0 radical (unpaired) electrons. The maximum absolute atomic E-state index is 13.2. The van der Waals surface area contributed by atoms with Crippen LogP contribution in [0.5, 0.6) is 0 Å². The zero-order valence-corrected chi connectivity index (χ0v) is 7.19. The van der Waals surface area contributed by atoms with Crippen molar-refractivity contribution in [2.24, 2.45) is 5.11 Å². The molecule has 15 heavy (non-hydrogen) atoms. The van der Waals surface area contributed by atoms with Crippen LogP contribution in [0.15, 0.2) is 17.2 Å². The molecule has 6 nitrogen and oxygen atoms in total. The molecule has 0 spiro atoms. The number of benzene rings is 1. The van der Waals surface area contributed by atoms with Gasteiger partial charge >= 0.3 is 0 Å². The molecule has 2 rings (SSSR count). The molecule has 7 heteroatoms. The van der Waals surface area contributed by atoms with Crippen LogP contribution in [0.4, 0.5) is 15.8 Å². The van der Waals surface area contributed by atoms with E-state index in [0.29, 0.717) is 0 Å². The lowest BCUT2D eigenvalue weighted by Crippen LogP contribution is -2.12. The van der Waals surface area contributed by atoms with Crippen LogP contribution in [0.3, 0.4) is 0 Å². The van der Waals surface area contributed by atoms with Gasteiger partial charge in [0.15, 0.2) is 0 Å². The predicted molar refractivity (Wildman–Crippen MR) is 48.2 cm³/mol. The fourth-order valence-electron chi connectivity index (χ4n) is 1.28. The maximum Gasteiger partial charge on any atom is 0.296 e. The maximum atomic E-state index is 13.2. The number of rotatable bonds is 1. The average Bonchev–Trinajstić information content (AvgIpc) is 2.46. The summed E-state index contributed by atoms with van der Waals surface area (Å²) in [4.78, 5) is 24.5. The summed E-state index contributed by atoms with van der Waals surface area (Å²) in [6.07, 6.45) is 0. The van der Waals surface area contributed by atoms with Crippen LogP contribution in [0.25, 0.3) is 10.4 Å². The number of carbonyl (C=O) groups excluding carboxylic acids is 2. The number of amides is 1. The molecule has 1 amide bonds. The van der Waals surface area contributed by atoms with Crippen molar-refractivity contribution in [1.29, 1.82) is 0 Å². The number of nitrogens with zero attached hydrogens (tertiary/aromatic N) is 3. The molecule has 1 aromatic rings. The third-order valence-electron chi connectivity index (χ3n) is 1.94. The van der Waals surface area contributed by atoms with Gasteiger partial charge in [0.25, 0.3) is 11.7 Å². The zero-order valence-electron chi connectivity index (χ0n) is 7.19. The highest BCUT2D eigenvalue weighted by Crippen LogP contribution is 2.30. The van der Waals surface area contributed by atoms with Crippen LogP contribution in [0, 0.1) is 5.82 Å². The van der Waals surface area contributed by atoms with Crippen molar-refractivity contribution >= 4 is 23.1 Å². The Hall–Kier alpha value is -2.40. The Kier molecular flexibility index (Phi) is 1.88. The van der Waals surface area contributed by atoms with E-state index in [1.807, 2.05) is 0 Å². The molecule has 0 atom stereocenters. The largest absolute Gasteiger partial charge is 0.318 e. The molecule has 0 saturated carbocycles. The van der Waals surface area contributed by atoms with Crippen molar-refractivity contribution in [3.8, 4) is 0 Å². The van der Waals surface area contributed by atoms with Gasteiger partial charge in [-0.05, 0) is 17.7 Å². The molecular weight excluding hydrogens is 203 g/mol. The Morgan fingerprint density at radius 1 is 1.40 bits per heavy atom. The van der Waals surface area contributed by atoms with Gasteiger partial charge in [-0.3, -0.25) is 9.59 Å². The summed E-state index contributed by atoms with van der Waals surface area (Å²) < 4.78 is 13.2. The Balaban J connectivity index is 2.63. The lowest BCUT2D eigenvalue weighted by atomic mass is 10.1. The minimum absolute atomic E-state index is 0.0469. The number of fused-ring (bicyclic) bond motifs is 1. The SMILES string of the molecule is [N-]=[N+]=Nc1cc2c(cc1F)C(=O)C(=O)N2. The van der Waals surface area contributed by atoms with Gasteiger partial charge in [0.1, 0.15) is 5.82 Å². The van der Waals surface area contributed by atoms with Crippen LogP contribution < -0.4 is 5.32 Å². The number of anilines is 1. The Bertz CT molecular complexity index is 534. The second-order valence-electron chi connectivity index (χ2n) is 2.82. The monoisotopic (exact) mass is 206 g/mol. The molecule has 1 aliphatic rings. The van der Waals surface area contributed by atoms with Gasteiger partial charge < -0.3 is 5.32 Å². The molecule has 1 heterocycles. The second kappa shape index (κ2) is 3.07. The van der Waals surface area contributed by atoms with E-state index in [-0.39, 0.29) is 16.9 Å². The number of nitrogens with one attached hydrogen (secondary N) is 1. The lowest BCUT2D eigenvalue weighted by Gasteiger charge is -1.99. The number of azide groups is 1. The van der Waals surface area contributed by atoms with E-state index in [1.165, 1.54) is 0 Å². The zero-order chi connectivity index (χ0) is 11.0. The van der Waals surface area contributed by atoms with Crippen molar-refractivity contribution in [2.45, 2.75) is 0 Å². The van der Waals surface area contributed by atoms with Gasteiger partial charge in [-0.1, -0.05) is 5.11 Å². The van der Waals surface area contributed by atoms with Crippen molar-refractivity contribution in [3.05, 3.63) is 34.0 Å². The molecule has 0 bridgehead atoms. The van der Waals surface area contributed by atoms with Gasteiger partial charge in [0.05, 0.1) is 16.9 Å². The summed E-state index contributed by atoms with van der Waals surface area (Å²) in [7, 11) is 0. The van der Waals surface area contributed by atoms with E-state index in [2.05, 4.69) is 15.3 Å². The lowest BCUT2D eigenvalue weighted by molar-refractivity contribution is -0.112. The Morgan fingerprint density at radius 3 is 2.80 bits per heavy atom. The number of Topliss-reactive ketones (excluding diaryl/α,β-unsaturated/α-hetero) is 1. The topological polar surface area (TPSA) is 94.9 Å². The summed E-state index contributed by atoms with van der Waals surface area (Å²) >= 11 is 0. The van der Waals surface area contributed by atoms with Crippen molar-refractivity contribution in [3.63, 3.8) is 0 Å². The van der Waals surface area contributed by atoms with Gasteiger partial charge in [0.2, 0.25) is 0 Å². The summed E-state index contributed by atoms with van der Waals surface area (Å²) in [6.45, 7) is 0. The minimum atomic E-state index is -0.837. The van der Waals surface area contributed by atoms with Gasteiger partial charge in [-0.2, -0.15) is 0 Å². The fraction of sp³-hybridized carbons (Fsp3) is 0. The molecule has 0 aliphatic carbocycles. The number of hydrogen-bond acceptors (Lipinski definition) is 3. The van der Waals surface area contributed by atoms with Crippen molar-refractivity contribution < 1.29 is 14.0 Å². The first-order valence-electron chi connectivity index (χ1n) is 3.88. The van der Waals surface area contributed by atoms with E-state index in [1.54, 1.807) is 0 Å². The highest BCUT2D eigenvalue weighted by atomic mass is 19.1. The highest BCUT2D eigenvalue weighted by molar-refractivity contribution is 6.51. The van der Waals surface area contributed by atoms with Gasteiger partial charge in [-0.25, -0.2) is 4.39 Å². The molecule has 0 unspecified atom stereocenters. The summed E-state index contributed by atoms with van der Waals surface area (Å²) in [5.74, 6) is -2.45. The predicted octanol–water partition coefficient (Wildman–Crippen LogP) is 1.90. The Labute approximate surface area is 82.3 Å². The first-order valence-corrected chi connectivity index (χ1v) is 3.88. The van der Waals surface area contributed by atoms with E-state index >= 15 is 0 Å².